The van der Waals surface area contributed by atoms with Crippen molar-refractivity contribution < 1.29 is 27.5 Å². The molecule has 2 N–H and O–H groups in total. The van der Waals surface area contributed by atoms with Crippen molar-refractivity contribution in [2.45, 2.75) is 12.2 Å². The summed E-state index contributed by atoms with van der Waals surface area (Å²) in [6.07, 6.45) is 2.95. The molecule has 0 aliphatic rings. The topological polar surface area (TPSA) is 101 Å². The van der Waals surface area contributed by atoms with Gasteiger partial charge in [0.2, 0.25) is 5.91 Å². The van der Waals surface area contributed by atoms with E-state index in [9.17, 15) is 22.4 Å². The standard InChI is InChI=1S/C13H14FNO5S/c1-8(21(2,19)20)13(18)15-11-5-3-9(7-10(11)14)4-6-12(16)17/h3-8H,1-2H3,(H,15,18)(H,16,17)/b6-4+. The number of carbonyl (C=O) groups excluding carboxylic acids is 1. The smallest absolute Gasteiger partial charge is 0.328 e. The van der Waals surface area contributed by atoms with Crippen LogP contribution >= 0.6 is 0 Å². The van der Waals surface area contributed by atoms with Gasteiger partial charge in [-0.2, -0.15) is 0 Å². The van der Waals surface area contributed by atoms with Crippen molar-refractivity contribution in [3.05, 3.63) is 35.7 Å². The molecule has 8 heteroatoms. The molecule has 1 unspecified atom stereocenters. The van der Waals surface area contributed by atoms with Gasteiger partial charge in [0.15, 0.2) is 9.84 Å². The van der Waals surface area contributed by atoms with Gasteiger partial charge >= 0.3 is 5.97 Å². The zero-order chi connectivity index (χ0) is 16.2. The molecule has 0 spiro atoms. The van der Waals surface area contributed by atoms with Gasteiger partial charge in [-0.3, -0.25) is 4.79 Å². The number of rotatable bonds is 5. The highest BCUT2D eigenvalue weighted by atomic mass is 32.2. The van der Waals surface area contributed by atoms with Crippen LogP contribution in [0, 0.1) is 5.82 Å². The van der Waals surface area contributed by atoms with E-state index < -0.39 is 32.8 Å². The number of hydrogen-bond acceptors (Lipinski definition) is 4. The number of anilines is 1. The monoisotopic (exact) mass is 315 g/mol. The van der Waals surface area contributed by atoms with Crippen LogP contribution in [-0.2, 0) is 19.4 Å². The molecular weight excluding hydrogens is 301 g/mol. The maximum absolute atomic E-state index is 13.7. The minimum absolute atomic E-state index is 0.178. The van der Waals surface area contributed by atoms with Gasteiger partial charge in [0, 0.05) is 12.3 Å². The Hall–Kier alpha value is -2.22. The zero-order valence-electron chi connectivity index (χ0n) is 11.3. The summed E-state index contributed by atoms with van der Waals surface area (Å²) in [5, 5.41) is 9.33. The van der Waals surface area contributed by atoms with Crippen LogP contribution in [0.3, 0.4) is 0 Å². The lowest BCUT2D eigenvalue weighted by atomic mass is 10.2. The summed E-state index contributed by atoms with van der Waals surface area (Å²) >= 11 is 0. The van der Waals surface area contributed by atoms with Gasteiger partial charge in [0.1, 0.15) is 11.1 Å². The average molecular weight is 315 g/mol. The fraction of sp³-hybridized carbons (Fsp3) is 0.231. The predicted molar refractivity (Wildman–Crippen MR) is 76.0 cm³/mol. The molecule has 0 aromatic heterocycles. The molecule has 21 heavy (non-hydrogen) atoms. The van der Waals surface area contributed by atoms with Gasteiger partial charge in [-0.1, -0.05) is 6.07 Å². The number of hydrogen-bond donors (Lipinski definition) is 2. The zero-order valence-corrected chi connectivity index (χ0v) is 12.1. The number of aliphatic carboxylic acids is 1. The van der Waals surface area contributed by atoms with Crippen molar-refractivity contribution >= 4 is 33.5 Å². The number of carboxylic acid groups (broad SMARTS) is 1. The predicted octanol–water partition coefficient (Wildman–Crippen LogP) is 1.30. The molecule has 0 heterocycles. The molecule has 1 atom stereocenters. The summed E-state index contributed by atoms with van der Waals surface area (Å²) in [6, 6.07) is 3.65. The number of nitrogens with one attached hydrogen (secondary N) is 1. The third-order valence-electron chi connectivity index (χ3n) is 2.68. The first kappa shape index (κ1) is 16.8. The second kappa shape index (κ2) is 6.49. The molecule has 1 rings (SSSR count). The second-order valence-electron chi connectivity index (χ2n) is 4.37. The number of amides is 1. The van der Waals surface area contributed by atoms with Gasteiger partial charge in [-0.15, -0.1) is 0 Å². The van der Waals surface area contributed by atoms with Crippen LogP contribution in [0.4, 0.5) is 10.1 Å². The van der Waals surface area contributed by atoms with Crippen LogP contribution in [0.1, 0.15) is 12.5 Å². The first-order valence-corrected chi connectivity index (χ1v) is 7.77. The molecule has 0 aliphatic carbocycles. The molecule has 0 fully saturated rings. The molecule has 1 amide bonds. The largest absolute Gasteiger partial charge is 0.478 e. The third-order valence-corrected chi connectivity index (χ3v) is 4.18. The van der Waals surface area contributed by atoms with Crippen molar-refractivity contribution in [2.24, 2.45) is 0 Å². The lowest BCUT2D eigenvalue weighted by Crippen LogP contribution is -2.32. The van der Waals surface area contributed by atoms with Crippen LogP contribution in [0.5, 0.6) is 0 Å². The number of carboxylic acids is 1. The molecule has 0 aliphatic heterocycles. The summed E-state index contributed by atoms with van der Waals surface area (Å²) in [5.41, 5.74) is 0.118. The fourth-order valence-electron chi connectivity index (χ4n) is 1.33. The van der Waals surface area contributed by atoms with E-state index in [-0.39, 0.29) is 5.69 Å². The third kappa shape index (κ3) is 4.99. The van der Waals surface area contributed by atoms with Gasteiger partial charge < -0.3 is 10.4 Å². The summed E-state index contributed by atoms with van der Waals surface area (Å²) in [7, 11) is -3.57. The van der Waals surface area contributed by atoms with E-state index in [2.05, 4.69) is 5.32 Å². The normalized spacial score (nSPS) is 13.1. The summed E-state index contributed by atoms with van der Waals surface area (Å²) < 4.78 is 36.2. The summed E-state index contributed by atoms with van der Waals surface area (Å²) in [4.78, 5) is 22.0. The van der Waals surface area contributed by atoms with Gasteiger partial charge in [-0.25, -0.2) is 17.6 Å². The van der Waals surface area contributed by atoms with E-state index in [0.717, 1.165) is 18.4 Å². The van der Waals surface area contributed by atoms with Crippen LogP contribution in [0.2, 0.25) is 0 Å². The number of sulfone groups is 1. The Balaban J connectivity index is 2.92. The lowest BCUT2D eigenvalue weighted by Gasteiger charge is -2.11. The molecule has 114 valence electrons. The number of benzene rings is 1. The Labute approximate surface area is 121 Å². The Morgan fingerprint density at radius 3 is 2.48 bits per heavy atom. The highest BCUT2D eigenvalue weighted by molar-refractivity contribution is 7.92. The lowest BCUT2D eigenvalue weighted by molar-refractivity contribution is -0.131. The van der Waals surface area contributed by atoms with Gasteiger partial charge in [0.25, 0.3) is 0 Å². The van der Waals surface area contributed by atoms with E-state index in [1.807, 2.05) is 0 Å². The summed E-state index contributed by atoms with van der Waals surface area (Å²) in [6.45, 7) is 1.20. The first-order chi connectivity index (χ1) is 9.61. The average Bonchev–Trinajstić information content (AvgIpc) is 2.37. The quantitative estimate of drug-likeness (QED) is 0.798. The molecule has 0 radical (unpaired) electrons. The van der Waals surface area contributed by atoms with Crippen molar-refractivity contribution in [1.29, 1.82) is 0 Å². The Bertz CT molecular complexity index is 697. The molecule has 1 aromatic rings. The Kier molecular flexibility index (Phi) is 5.20. The number of halogens is 1. The van der Waals surface area contributed by atoms with Crippen molar-refractivity contribution in [1.82, 2.24) is 0 Å². The van der Waals surface area contributed by atoms with Crippen molar-refractivity contribution in [3.63, 3.8) is 0 Å². The molecule has 0 bridgehead atoms. The Morgan fingerprint density at radius 1 is 1.38 bits per heavy atom. The highest BCUT2D eigenvalue weighted by Crippen LogP contribution is 2.17. The van der Waals surface area contributed by atoms with E-state index in [0.29, 0.717) is 5.56 Å². The number of carbonyl (C=O) groups is 2. The van der Waals surface area contributed by atoms with E-state index >= 15 is 0 Å². The maximum Gasteiger partial charge on any atom is 0.328 e. The van der Waals surface area contributed by atoms with Gasteiger partial charge in [0.05, 0.1) is 5.69 Å². The molecule has 1 aromatic carbocycles. The van der Waals surface area contributed by atoms with E-state index in [4.69, 9.17) is 5.11 Å². The Morgan fingerprint density at radius 2 is 2.00 bits per heavy atom. The SMILES string of the molecule is CC(C(=O)Nc1ccc(/C=C/C(=O)O)cc1F)S(C)(=O)=O. The fourth-order valence-corrected chi connectivity index (χ4v) is 1.78. The minimum atomic E-state index is -3.57. The van der Waals surface area contributed by atoms with E-state index in [1.54, 1.807) is 0 Å². The van der Waals surface area contributed by atoms with Gasteiger partial charge in [-0.05, 0) is 30.7 Å². The molecular formula is C13H14FNO5S. The van der Waals surface area contributed by atoms with Crippen molar-refractivity contribution in [2.75, 3.05) is 11.6 Å². The van der Waals surface area contributed by atoms with Crippen LogP contribution < -0.4 is 5.32 Å². The highest BCUT2D eigenvalue weighted by Gasteiger charge is 2.24. The molecule has 0 saturated carbocycles. The molecule has 6 nitrogen and oxygen atoms in total. The van der Waals surface area contributed by atoms with Crippen LogP contribution in [-0.4, -0.2) is 36.9 Å². The molecule has 0 saturated heterocycles. The first-order valence-electron chi connectivity index (χ1n) is 5.81. The summed E-state index contributed by atoms with van der Waals surface area (Å²) in [5.74, 6) is -2.81. The minimum Gasteiger partial charge on any atom is -0.478 e. The second-order valence-corrected chi connectivity index (χ2v) is 6.74. The van der Waals surface area contributed by atoms with Crippen LogP contribution in [0.25, 0.3) is 6.08 Å². The maximum atomic E-state index is 13.7. The van der Waals surface area contributed by atoms with Crippen LogP contribution in [0.15, 0.2) is 24.3 Å². The van der Waals surface area contributed by atoms with Crippen molar-refractivity contribution in [3.8, 4) is 0 Å². The van der Waals surface area contributed by atoms with E-state index in [1.165, 1.54) is 25.1 Å².